The van der Waals surface area contributed by atoms with Crippen molar-refractivity contribution in [2.24, 2.45) is 0 Å². The van der Waals surface area contributed by atoms with Gasteiger partial charge in [0, 0.05) is 34.1 Å². The first-order chi connectivity index (χ1) is 31.7. The minimum atomic E-state index is -1.52. The number of rotatable bonds is 10. The topological polar surface area (TPSA) is 6.48 Å². The van der Waals surface area contributed by atoms with E-state index in [9.17, 15) is 0 Å². The predicted octanol–water partition coefficient (Wildman–Crippen LogP) is 16.7. The van der Waals surface area contributed by atoms with Crippen LogP contribution in [0.4, 0.5) is 34.1 Å². The van der Waals surface area contributed by atoms with Crippen LogP contribution in [0, 0.1) is 0 Å². The van der Waals surface area contributed by atoms with Gasteiger partial charge in [-0.25, -0.2) is 0 Å². The molecule has 1 aliphatic rings. The molecule has 0 amide bonds. The summed E-state index contributed by atoms with van der Waals surface area (Å²) < 4.78 is 0. The fourth-order valence-corrected chi connectivity index (χ4v) is 12.4. The van der Waals surface area contributed by atoms with Crippen LogP contribution in [0.1, 0.15) is 74.9 Å². The summed E-state index contributed by atoms with van der Waals surface area (Å²) in [5.74, 6) is 0. The molecule has 1 aliphatic carbocycles. The van der Waals surface area contributed by atoms with Crippen LogP contribution in [0.5, 0.6) is 0 Å². The second-order valence-electron chi connectivity index (χ2n) is 22.8. The molecule has 0 spiro atoms. The Labute approximate surface area is 404 Å². The Morgan fingerprint density at radius 2 is 0.612 bits per heavy atom. The summed E-state index contributed by atoms with van der Waals surface area (Å²) in [6, 6.07) is 74.2. The van der Waals surface area contributed by atoms with Gasteiger partial charge in [0.1, 0.15) is 0 Å². The van der Waals surface area contributed by atoms with E-state index in [2.05, 4.69) is 285 Å². The van der Waals surface area contributed by atoms with Crippen molar-refractivity contribution in [1.82, 2.24) is 0 Å². The Bertz CT molecular complexity index is 2670. The van der Waals surface area contributed by atoms with Crippen LogP contribution in [0.3, 0.4) is 0 Å². The lowest BCUT2D eigenvalue weighted by Crippen LogP contribution is -2.37. The van der Waals surface area contributed by atoms with Gasteiger partial charge in [-0.05, 0) is 128 Å². The van der Waals surface area contributed by atoms with Crippen LogP contribution in [0.25, 0.3) is 11.1 Å². The molecule has 0 atom stereocenters. The summed E-state index contributed by atoms with van der Waals surface area (Å²) in [6.45, 7) is 28.3. The van der Waals surface area contributed by atoms with Gasteiger partial charge in [0.05, 0.1) is 21.6 Å². The first-order valence-corrected chi connectivity index (χ1v) is 31.2. The fourth-order valence-electron chi connectivity index (χ4n) is 10.1. The molecule has 67 heavy (non-hydrogen) atoms. The highest BCUT2D eigenvalue weighted by molar-refractivity contribution is 6.89. The maximum absolute atomic E-state index is 2.50. The molecule has 0 heterocycles. The van der Waals surface area contributed by atoms with E-state index in [1.807, 2.05) is 0 Å². The molecule has 0 radical (unpaired) electrons. The van der Waals surface area contributed by atoms with Crippen LogP contribution in [-0.4, -0.2) is 16.1 Å². The van der Waals surface area contributed by atoms with E-state index < -0.39 is 21.6 Å². The molecule has 0 fully saturated rings. The van der Waals surface area contributed by atoms with Crippen molar-refractivity contribution in [2.45, 2.75) is 97.1 Å². The van der Waals surface area contributed by atoms with Crippen LogP contribution in [0.15, 0.2) is 194 Å². The molecule has 0 unspecified atom stereocenters. The second-order valence-corrected chi connectivity index (χ2v) is 33.0. The first kappa shape index (κ1) is 45.9. The molecular weight excluding hydrogens is 841 g/mol. The Morgan fingerprint density at radius 1 is 0.328 bits per heavy atom. The van der Waals surface area contributed by atoms with Crippen molar-refractivity contribution in [3.05, 3.63) is 228 Å². The quantitative estimate of drug-likeness (QED) is 0.126. The minimum absolute atomic E-state index is 0.0500. The maximum Gasteiger partial charge on any atom is 0.0775 e. The van der Waals surface area contributed by atoms with Gasteiger partial charge in [0.2, 0.25) is 0 Å². The smallest absolute Gasteiger partial charge is 0.0775 e. The second kappa shape index (κ2) is 17.1. The molecule has 0 aromatic heterocycles. The standard InChI is InChI=1S/C63H68N2Si2/c1-61(2,3)45-23-27-49(28-24-45)64(51-31-37-55(38-32-51)66(7,8)9)53-35-41-57-58-42-36-54(44-60(58)63(59(57)43-53,47-19-15-13-16-20-47)48-21-17-14-18-22-48)65(50-29-25-46(26-30-50)62(4,5)6)52-33-39-56(40-34-52)67(10,11)12/h13-44H,1-12H3. The van der Waals surface area contributed by atoms with Crippen LogP contribution >= 0.6 is 0 Å². The number of fused-ring (bicyclic) bond motifs is 3. The number of nitrogens with zero attached hydrogens (tertiary/aromatic N) is 2. The average Bonchev–Trinajstić information content (AvgIpc) is 3.59. The zero-order valence-electron chi connectivity index (χ0n) is 41.9. The molecule has 0 bridgehead atoms. The molecular formula is C63H68N2Si2. The van der Waals surface area contributed by atoms with Crippen molar-refractivity contribution in [2.75, 3.05) is 9.80 Å². The summed E-state index contributed by atoms with van der Waals surface area (Å²) in [5.41, 5.74) is 16.6. The number of anilines is 6. The third kappa shape index (κ3) is 8.67. The third-order valence-corrected chi connectivity index (χ3v) is 18.1. The van der Waals surface area contributed by atoms with Gasteiger partial charge < -0.3 is 9.80 Å². The zero-order chi connectivity index (χ0) is 47.5. The Hall–Kier alpha value is -6.21. The lowest BCUT2D eigenvalue weighted by Gasteiger charge is -2.36. The van der Waals surface area contributed by atoms with E-state index in [-0.39, 0.29) is 10.8 Å². The van der Waals surface area contributed by atoms with E-state index in [1.165, 1.54) is 54.9 Å². The molecule has 0 N–H and O–H groups in total. The average molecular weight is 909 g/mol. The SMILES string of the molecule is CC(C)(C)c1ccc(N(c2ccc([Si](C)(C)C)cc2)c2ccc3c(c2)C(c2ccccc2)(c2ccccc2)c2cc(N(c4ccc(C(C)(C)C)cc4)c4ccc([Si](C)(C)C)cc4)ccc2-3)cc1. The molecule has 2 nitrogen and oxygen atoms in total. The molecule has 0 saturated heterocycles. The summed E-state index contributed by atoms with van der Waals surface area (Å²) in [5, 5.41) is 2.91. The third-order valence-electron chi connectivity index (χ3n) is 14.0. The van der Waals surface area contributed by atoms with Crippen LogP contribution < -0.4 is 20.2 Å². The normalized spacial score (nSPS) is 13.5. The van der Waals surface area contributed by atoms with Gasteiger partial charge in [-0.15, -0.1) is 0 Å². The van der Waals surface area contributed by atoms with Gasteiger partial charge in [-0.1, -0.05) is 213 Å². The predicted molar refractivity (Wildman–Crippen MR) is 296 cm³/mol. The van der Waals surface area contributed by atoms with Crippen LogP contribution in [0.2, 0.25) is 39.3 Å². The summed E-state index contributed by atoms with van der Waals surface area (Å²) >= 11 is 0. The Kier molecular flexibility index (Phi) is 11.8. The number of hydrogen-bond acceptors (Lipinski definition) is 2. The lowest BCUT2D eigenvalue weighted by atomic mass is 9.67. The summed E-state index contributed by atoms with van der Waals surface area (Å²) in [7, 11) is -3.04. The van der Waals surface area contributed by atoms with Gasteiger partial charge in [0.25, 0.3) is 0 Å². The maximum atomic E-state index is 2.50. The van der Waals surface area contributed by atoms with E-state index in [0.717, 1.165) is 34.1 Å². The van der Waals surface area contributed by atoms with Gasteiger partial charge in [-0.2, -0.15) is 0 Å². The minimum Gasteiger partial charge on any atom is -0.310 e. The van der Waals surface area contributed by atoms with E-state index in [4.69, 9.17) is 0 Å². The number of benzene rings is 8. The Balaban J connectivity index is 1.29. The van der Waals surface area contributed by atoms with Gasteiger partial charge in [0.15, 0.2) is 0 Å². The molecule has 0 aliphatic heterocycles. The van der Waals surface area contributed by atoms with Crippen LogP contribution in [-0.2, 0) is 16.2 Å². The molecule has 9 rings (SSSR count). The molecule has 8 aromatic rings. The molecule has 338 valence electrons. The molecule has 8 aromatic carbocycles. The highest BCUT2D eigenvalue weighted by atomic mass is 28.3. The van der Waals surface area contributed by atoms with Crippen molar-refractivity contribution >= 4 is 60.6 Å². The highest BCUT2D eigenvalue weighted by Crippen LogP contribution is 2.58. The van der Waals surface area contributed by atoms with Crippen molar-refractivity contribution in [3.63, 3.8) is 0 Å². The van der Waals surface area contributed by atoms with E-state index >= 15 is 0 Å². The lowest BCUT2D eigenvalue weighted by molar-refractivity contribution is 0.590. The molecule has 0 saturated carbocycles. The van der Waals surface area contributed by atoms with Gasteiger partial charge >= 0.3 is 0 Å². The van der Waals surface area contributed by atoms with E-state index in [0.29, 0.717) is 0 Å². The van der Waals surface area contributed by atoms with Gasteiger partial charge in [-0.3, -0.25) is 0 Å². The van der Waals surface area contributed by atoms with E-state index in [1.54, 1.807) is 0 Å². The fraction of sp³-hybridized carbons (Fsp3) is 0.238. The largest absolute Gasteiger partial charge is 0.310 e. The Morgan fingerprint density at radius 3 is 0.896 bits per heavy atom. The monoisotopic (exact) mass is 908 g/mol. The molecule has 4 heteroatoms. The first-order valence-electron chi connectivity index (χ1n) is 24.2. The van der Waals surface area contributed by atoms with Crippen molar-refractivity contribution < 1.29 is 0 Å². The summed E-state index contributed by atoms with van der Waals surface area (Å²) in [6.07, 6.45) is 0. The summed E-state index contributed by atoms with van der Waals surface area (Å²) in [4.78, 5) is 4.92. The zero-order valence-corrected chi connectivity index (χ0v) is 43.9. The highest BCUT2D eigenvalue weighted by Gasteiger charge is 2.47. The van der Waals surface area contributed by atoms with Crippen molar-refractivity contribution in [1.29, 1.82) is 0 Å². The number of hydrogen-bond donors (Lipinski definition) is 0. The van der Waals surface area contributed by atoms with Crippen molar-refractivity contribution in [3.8, 4) is 11.1 Å².